The van der Waals surface area contributed by atoms with E-state index >= 15 is 0 Å². The number of hydrogen-bond donors (Lipinski definition) is 0. The van der Waals surface area contributed by atoms with Gasteiger partial charge in [-0.25, -0.2) is 0 Å². The second kappa shape index (κ2) is 5.85. The molecule has 128 valence electrons. The lowest BCUT2D eigenvalue weighted by molar-refractivity contribution is -0.140. The van der Waals surface area contributed by atoms with Gasteiger partial charge in [-0.3, -0.25) is 19.2 Å². The molecular weight excluding hydrogens is 310 g/mol. The first kappa shape index (κ1) is 16.4. The van der Waals surface area contributed by atoms with Crippen LogP contribution in [0.2, 0.25) is 0 Å². The molecule has 1 saturated heterocycles. The summed E-state index contributed by atoms with van der Waals surface area (Å²) in [4.78, 5) is 30.2. The minimum Gasteiger partial charge on any atom is -0.339 e. The molecule has 0 bridgehead atoms. The van der Waals surface area contributed by atoms with Crippen LogP contribution < -0.4 is 0 Å². The third-order valence-electron chi connectivity index (χ3n) is 3.99. The lowest BCUT2D eigenvalue weighted by atomic mass is 9.97. The first-order chi connectivity index (χ1) is 11.2. The first-order valence-corrected chi connectivity index (χ1v) is 7.89. The van der Waals surface area contributed by atoms with Crippen molar-refractivity contribution in [1.82, 2.24) is 24.8 Å². The van der Waals surface area contributed by atoms with E-state index in [4.69, 9.17) is 4.52 Å². The predicted octanol–water partition coefficient (Wildman–Crippen LogP) is 1.22. The molecule has 3 heterocycles. The molecule has 2 amide bonds. The van der Waals surface area contributed by atoms with Gasteiger partial charge in [0.2, 0.25) is 17.7 Å². The molecular formula is C16H21N5O3. The number of carbonyl (C=O) groups is 2. The molecule has 2 aromatic rings. The fourth-order valence-corrected chi connectivity index (χ4v) is 2.70. The summed E-state index contributed by atoms with van der Waals surface area (Å²) in [5.41, 5.74) is 0.674. The number of imide groups is 1. The Kier molecular flexibility index (Phi) is 3.98. The molecule has 1 aliphatic rings. The molecule has 0 aromatic carbocycles. The molecule has 8 heteroatoms. The molecule has 1 unspecified atom stereocenters. The number of nitrogens with zero attached hydrogens (tertiary/aromatic N) is 5. The van der Waals surface area contributed by atoms with Gasteiger partial charge in [-0.05, 0) is 12.0 Å². The number of rotatable bonds is 4. The largest absolute Gasteiger partial charge is 0.339 e. The van der Waals surface area contributed by atoms with Gasteiger partial charge in [0.25, 0.3) is 0 Å². The minimum absolute atomic E-state index is 0.0563. The topological polar surface area (TPSA) is 94.1 Å². The Morgan fingerprint density at radius 1 is 1.33 bits per heavy atom. The number of amides is 2. The second-order valence-corrected chi connectivity index (χ2v) is 7.21. The Morgan fingerprint density at radius 2 is 2.08 bits per heavy atom. The van der Waals surface area contributed by atoms with Crippen molar-refractivity contribution in [2.45, 2.75) is 45.6 Å². The van der Waals surface area contributed by atoms with Gasteiger partial charge in [-0.15, -0.1) is 0 Å². The van der Waals surface area contributed by atoms with E-state index in [9.17, 15) is 9.59 Å². The van der Waals surface area contributed by atoms with Crippen LogP contribution in [0.5, 0.6) is 0 Å². The fraction of sp³-hybridized carbons (Fsp3) is 0.562. The third kappa shape index (κ3) is 3.22. The van der Waals surface area contributed by atoms with Gasteiger partial charge in [0.15, 0.2) is 5.82 Å². The van der Waals surface area contributed by atoms with Crippen molar-refractivity contribution in [3.8, 4) is 0 Å². The van der Waals surface area contributed by atoms with Crippen molar-refractivity contribution in [2.24, 2.45) is 13.0 Å². The molecule has 24 heavy (non-hydrogen) atoms. The fourth-order valence-electron chi connectivity index (χ4n) is 2.70. The SMILES string of the molecule is Cn1cc(CC2CC(=O)N(Cc3noc(C(C)(C)C)n3)C2=O)cn1. The molecule has 0 spiro atoms. The first-order valence-electron chi connectivity index (χ1n) is 7.89. The third-order valence-corrected chi connectivity index (χ3v) is 3.99. The van der Waals surface area contributed by atoms with Gasteiger partial charge in [0.1, 0.15) is 0 Å². The highest BCUT2D eigenvalue weighted by molar-refractivity contribution is 6.03. The molecule has 1 fully saturated rings. The van der Waals surface area contributed by atoms with Crippen molar-refractivity contribution < 1.29 is 14.1 Å². The highest BCUT2D eigenvalue weighted by atomic mass is 16.5. The molecule has 2 aromatic heterocycles. The molecule has 8 nitrogen and oxygen atoms in total. The van der Waals surface area contributed by atoms with Gasteiger partial charge in [0, 0.05) is 25.1 Å². The van der Waals surface area contributed by atoms with Gasteiger partial charge in [0.05, 0.1) is 18.7 Å². The zero-order valence-corrected chi connectivity index (χ0v) is 14.3. The zero-order chi connectivity index (χ0) is 17.5. The van der Waals surface area contributed by atoms with Crippen molar-refractivity contribution in [3.63, 3.8) is 0 Å². The van der Waals surface area contributed by atoms with E-state index in [0.29, 0.717) is 18.1 Å². The molecule has 3 rings (SSSR count). The highest BCUT2D eigenvalue weighted by Crippen LogP contribution is 2.25. The van der Waals surface area contributed by atoms with E-state index in [1.54, 1.807) is 10.9 Å². The molecule has 1 atom stereocenters. The smallest absolute Gasteiger partial charge is 0.233 e. The van der Waals surface area contributed by atoms with E-state index in [1.165, 1.54) is 4.90 Å². The van der Waals surface area contributed by atoms with E-state index in [0.717, 1.165) is 5.56 Å². The van der Waals surface area contributed by atoms with Crippen molar-refractivity contribution in [3.05, 3.63) is 29.7 Å². The van der Waals surface area contributed by atoms with Crippen LogP contribution in [0.4, 0.5) is 0 Å². The number of hydrogen-bond acceptors (Lipinski definition) is 6. The van der Waals surface area contributed by atoms with E-state index < -0.39 is 0 Å². The van der Waals surface area contributed by atoms with Crippen molar-refractivity contribution in [1.29, 1.82) is 0 Å². The van der Waals surface area contributed by atoms with E-state index in [1.807, 2.05) is 34.0 Å². The second-order valence-electron chi connectivity index (χ2n) is 7.21. The summed E-state index contributed by atoms with van der Waals surface area (Å²) >= 11 is 0. The standard InChI is InChI=1S/C16H21N5O3/c1-16(2,3)15-18-12(19-24-15)9-21-13(22)6-11(14(21)23)5-10-7-17-20(4)8-10/h7-8,11H,5-6,9H2,1-4H3. The van der Waals surface area contributed by atoms with Crippen LogP contribution in [0.25, 0.3) is 0 Å². The highest BCUT2D eigenvalue weighted by Gasteiger charge is 2.39. The average Bonchev–Trinajstić information content (AvgIpc) is 3.16. The molecule has 0 aliphatic carbocycles. The van der Waals surface area contributed by atoms with E-state index in [2.05, 4.69) is 15.2 Å². The van der Waals surface area contributed by atoms with Crippen LogP contribution in [0.1, 0.15) is 44.5 Å². The monoisotopic (exact) mass is 331 g/mol. The Bertz CT molecular complexity index is 771. The van der Waals surface area contributed by atoms with Gasteiger partial charge >= 0.3 is 0 Å². The van der Waals surface area contributed by atoms with Gasteiger partial charge in [-0.1, -0.05) is 25.9 Å². The molecule has 0 N–H and O–H groups in total. The number of likely N-dealkylation sites (tertiary alicyclic amines) is 1. The van der Waals surface area contributed by atoms with Crippen molar-refractivity contribution in [2.75, 3.05) is 0 Å². The summed E-state index contributed by atoms with van der Waals surface area (Å²) in [5.74, 6) is 0.102. The number of carbonyl (C=O) groups excluding carboxylic acids is 2. The predicted molar refractivity (Wildman–Crippen MR) is 83.6 cm³/mol. The van der Waals surface area contributed by atoms with Gasteiger partial charge in [-0.2, -0.15) is 10.1 Å². The summed E-state index contributed by atoms with van der Waals surface area (Å²) in [6.07, 6.45) is 4.29. The number of aromatic nitrogens is 4. The lowest BCUT2D eigenvalue weighted by Gasteiger charge is -2.12. The summed E-state index contributed by atoms with van der Waals surface area (Å²) in [6.45, 7) is 5.93. The molecule has 0 radical (unpaired) electrons. The maximum atomic E-state index is 12.5. The maximum absolute atomic E-state index is 12.5. The summed E-state index contributed by atoms with van der Waals surface area (Å²) in [6, 6.07) is 0. The van der Waals surface area contributed by atoms with E-state index in [-0.39, 0.29) is 36.1 Å². The van der Waals surface area contributed by atoms with Crippen LogP contribution in [-0.4, -0.2) is 36.6 Å². The Morgan fingerprint density at radius 3 is 2.67 bits per heavy atom. The van der Waals surface area contributed by atoms with Crippen LogP contribution in [0, 0.1) is 5.92 Å². The summed E-state index contributed by atoms with van der Waals surface area (Å²) in [7, 11) is 1.82. The van der Waals surface area contributed by atoms with Crippen LogP contribution >= 0.6 is 0 Å². The number of aryl methyl sites for hydroxylation is 1. The maximum Gasteiger partial charge on any atom is 0.233 e. The summed E-state index contributed by atoms with van der Waals surface area (Å²) < 4.78 is 6.90. The Balaban J connectivity index is 1.69. The van der Waals surface area contributed by atoms with Gasteiger partial charge < -0.3 is 4.52 Å². The minimum atomic E-state index is -0.351. The van der Waals surface area contributed by atoms with Crippen LogP contribution in [0.15, 0.2) is 16.9 Å². The van der Waals surface area contributed by atoms with Crippen LogP contribution in [0.3, 0.4) is 0 Å². The molecule has 0 saturated carbocycles. The zero-order valence-electron chi connectivity index (χ0n) is 14.3. The van der Waals surface area contributed by atoms with Crippen LogP contribution in [-0.2, 0) is 35.0 Å². The van der Waals surface area contributed by atoms with Crippen molar-refractivity contribution >= 4 is 11.8 Å². The lowest BCUT2D eigenvalue weighted by Crippen LogP contribution is -2.31. The molecule has 1 aliphatic heterocycles. The summed E-state index contributed by atoms with van der Waals surface area (Å²) in [5, 5.41) is 7.97. The quantitative estimate of drug-likeness (QED) is 0.782. The Labute approximate surface area is 139 Å². The Hall–Kier alpha value is -2.51. The average molecular weight is 331 g/mol. The normalized spacial score (nSPS) is 18.7.